The molecule has 2 aromatic carbocycles. The summed E-state index contributed by atoms with van der Waals surface area (Å²) < 4.78 is 25.9. The van der Waals surface area contributed by atoms with Crippen LogP contribution in [0.15, 0.2) is 42.5 Å². The summed E-state index contributed by atoms with van der Waals surface area (Å²) in [5.74, 6) is -1.69. The molecule has 2 amide bonds. The van der Waals surface area contributed by atoms with Crippen molar-refractivity contribution in [2.24, 2.45) is 0 Å². The van der Waals surface area contributed by atoms with E-state index >= 15 is 0 Å². The van der Waals surface area contributed by atoms with Gasteiger partial charge in [-0.1, -0.05) is 11.6 Å². The van der Waals surface area contributed by atoms with Crippen LogP contribution < -0.4 is 10.6 Å². The Labute approximate surface area is 148 Å². The Balaban J connectivity index is 1.81. The van der Waals surface area contributed by atoms with Gasteiger partial charge in [0.1, 0.15) is 11.6 Å². The van der Waals surface area contributed by atoms with Crippen molar-refractivity contribution in [3.05, 3.63) is 59.1 Å². The molecule has 0 aliphatic carbocycles. The van der Waals surface area contributed by atoms with Crippen molar-refractivity contribution in [2.45, 2.75) is 0 Å². The number of carbonyl (C=O) groups is 2. The lowest BCUT2D eigenvalue weighted by Gasteiger charge is -2.16. The number of likely N-dealkylation sites (N-methyl/N-ethyl adjacent to an activating group) is 1. The zero-order chi connectivity index (χ0) is 18.4. The average molecular weight is 368 g/mol. The molecule has 2 N–H and O–H groups in total. The zero-order valence-electron chi connectivity index (χ0n) is 13.4. The first-order valence-electron chi connectivity index (χ1n) is 7.32. The van der Waals surface area contributed by atoms with Gasteiger partial charge in [0, 0.05) is 11.4 Å². The smallest absolute Gasteiger partial charge is 0.238 e. The lowest BCUT2D eigenvalue weighted by molar-refractivity contribution is -0.119. The molecule has 25 heavy (non-hydrogen) atoms. The van der Waals surface area contributed by atoms with Crippen molar-refractivity contribution >= 4 is 34.8 Å². The van der Waals surface area contributed by atoms with Crippen LogP contribution in [0.2, 0.25) is 5.02 Å². The number of benzene rings is 2. The minimum atomic E-state index is -0.575. The van der Waals surface area contributed by atoms with Crippen molar-refractivity contribution in [1.82, 2.24) is 4.90 Å². The molecule has 0 radical (unpaired) electrons. The summed E-state index contributed by atoms with van der Waals surface area (Å²) >= 11 is 5.65. The molecular formula is C17H16ClF2N3O2. The van der Waals surface area contributed by atoms with Crippen LogP contribution in [0, 0.1) is 11.6 Å². The van der Waals surface area contributed by atoms with Gasteiger partial charge in [0.05, 0.1) is 18.1 Å². The lowest BCUT2D eigenvalue weighted by Crippen LogP contribution is -2.36. The summed E-state index contributed by atoms with van der Waals surface area (Å²) in [5.41, 5.74) is 0.825. The molecule has 0 heterocycles. The van der Waals surface area contributed by atoms with Crippen LogP contribution in [-0.4, -0.2) is 36.9 Å². The van der Waals surface area contributed by atoms with Crippen LogP contribution in [0.25, 0.3) is 0 Å². The molecule has 0 aliphatic heterocycles. The number of nitrogens with zero attached hydrogens (tertiary/aromatic N) is 1. The first-order valence-corrected chi connectivity index (χ1v) is 7.70. The van der Waals surface area contributed by atoms with Gasteiger partial charge in [-0.25, -0.2) is 8.78 Å². The summed E-state index contributed by atoms with van der Waals surface area (Å²) in [5, 5.41) is 5.07. The lowest BCUT2D eigenvalue weighted by atomic mass is 10.3. The Bertz CT molecular complexity index is 769. The van der Waals surface area contributed by atoms with Crippen LogP contribution in [0.5, 0.6) is 0 Å². The van der Waals surface area contributed by atoms with Crippen LogP contribution in [0.4, 0.5) is 20.2 Å². The van der Waals surface area contributed by atoms with Gasteiger partial charge in [0.15, 0.2) is 0 Å². The highest BCUT2D eigenvalue weighted by Gasteiger charge is 2.12. The van der Waals surface area contributed by atoms with Gasteiger partial charge in [0.2, 0.25) is 11.8 Å². The highest BCUT2D eigenvalue weighted by molar-refractivity contribution is 6.31. The Kier molecular flexibility index (Phi) is 6.44. The molecule has 8 heteroatoms. The molecule has 0 aliphatic rings. The summed E-state index contributed by atoms with van der Waals surface area (Å²) in [4.78, 5) is 25.3. The molecule has 0 fully saturated rings. The SMILES string of the molecule is CN(CC(=O)Nc1ccc(F)cc1)CC(=O)Nc1ccc(F)c(Cl)c1. The van der Waals surface area contributed by atoms with Crippen molar-refractivity contribution < 1.29 is 18.4 Å². The maximum Gasteiger partial charge on any atom is 0.238 e. The van der Waals surface area contributed by atoms with E-state index in [1.165, 1.54) is 41.3 Å². The van der Waals surface area contributed by atoms with Gasteiger partial charge >= 0.3 is 0 Å². The fourth-order valence-electron chi connectivity index (χ4n) is 2.05. The predicted octanol–water partition coefficient (Wildman–Crippen LogP) is 3.13. The van der Waals surface area contributed by atoms with Gasteiger partial charge in [-0.3, -0.25) is 14.5 Å². The molecule has 0 aromatic heterocycles. The number of halogens is 3. The summed E-state index contributed by atoms with van der Waals surface area (Å²) in [6, 6.07) is 9.20. The number of carbonyl (C=O) groups excluding carboxylic acids is 2. The monoisotopic (exact) mass is 367 g/mol. The first kappa shape index (κ1) is 18.8. The molecule has 0 unspecified atom stereocenters. The molecule has 2 rings (SSSR count). The molecule has 0 atom stereocenters. The standard InChI is InChI=1S/C17H16ClF2N3O2/c1-23(9-16(24)21-12-4-2-11(19)3-5-12)10-17(25)22-13-6-7-15(20)14(18)8-13/h2-8H,9-10H2,1H3,(H,21,24)(H,22,25). The molecular weight excluding hydrogens is 352 g/mol. The number of rotatable bonds is 6. The van der Waals surface area contributed by atoms with Gasteiger partial charge in [0.25, 0.3) is 0 Å². The van der Waals surface area contributed by atoms with Crippen molar-refractivity contribution in [1.29, 1.82) is 0 Å². The van der Waals surface area contributed by atoms with E-state index in [-0.39, 0.29) is 29.9 Å². The maximum absolute atomic E-state index is 13.1. The molecule has 0 spiro atoms. The molecule has 0 saturated carbocycles. The second kappa shape index (κ2) is 8.55. The first-order chi connectivity index (χ1) is 11.8. The van der Waals surface area contributed by atoms with E-state index in [4.69, 9.17) is 11.6 Å². The largest absolute Gasteiger partial charge is 0.325 e. The molecule has 0 bridgehead atoms. The number of hydrogen-bond acceptors (Lipinski definition) is 3. The average Bonchev–Trinajstić information content (AvgIpc) is 2.52. The van der Waals surface area contributed by atoms with E-state index in [0.717, 1.165) is 6.07 Å². The second-order valence-electron chi connectivity index (χ2n) is 5.40. The Morgan fingerprint density at radius 1 is 0.960 bits per heavy atom. The third-order valence-corrected chi connectivity index (χ3v) is 3.45. The number of anilines is 2. The Morgan fingerprint density at radius 3 is 2.04 bits per heavy atom. The summed E-state index contributed by atoms with van der Waals surface area (Å²) in [6.07, 6.45) is 0. The molecule has 0 saturated heterocycles. The van der Waals surface area contributed by atoms with Crippen molar-refractivity contribution in [3.8, 4) is 0 Å². The van der Waals surface area contributed by atoms with E-state index in [0.29, 0.717) is 11.4 Å². The van der Waals surface area contributed by atoms with E-state index in [1.807, 2.05) is 0 Å². The fourth-order valence-corrected chi connectivity index (χ4v) is 2.23. The van der Waals surface area contributed by atoms with Gasteiger partial charge in [-0.2, -0.15) is 0 Å². The van der Waals surface area contributed by atoms with Crippen LogP contribution in [-0.2, 0) is 9.59 Å². The summed E-state index contributed by atoms with van der Waals surface area (Å²) in [6.45, 7) is -0.0825. The zero-order valence-corrected chi connectivity index (χ0v) is 14.1. The predicted molar refractivity (Wildman–Crippen MR) is 92.6 cm³/mol. The third-order valence-electron chi connectivity index (χ3n) is 3.16. The topological polar surface area (TPSA) is 61.4 Å². The van der Waals surface area contributed by atoms with E-state index in [2.05, 4.69) is 10.6 Å². The van der Waals surface area contributed by atoms with Crippen LogP contribution in [0.1, 0.15) is 0 Å². The minimum Gasteiger partial charge on any atom is -0.325 e. The fraction of sp³-hybridized carbons (Fsp3) is 0.176. The van der Waals surface area contributed by atoms with E-state index in [1.54, 1.807) is 7.05 Å². The van der Waals surface area contributed by atoms with E-state index in [9.17, 15) is 18.4 Å². The van der Waals surface area contributed by atoms with Crippen molar-refractivity contribution in [2.75, 3.05) is 30.8 Å². The molecule has 132 valence electrons. The maximum atomic E-state index is 13.1. The highest BCUT2D eigenvalue weighted by Crippen LogP contribution is 2.19. The van der Waals surface area contributed by atoms with Crippen LogP contribution >= 0.6 is 11.6 Å². The van der Waals surface area contributed by atoms with Crippen molar-refractivity contribution in [3.63, 3.8) is 0 Å². The normalized spacial score (nSPS) is 10.6. The van der Waals surface area contributed by atoms with E-state index < -0.39 is 11.6 Å². The Hall–Kier alpha value is -2.51. The minimum absolute atomic E-state index is 0.0328. The van der Waals surface area contributed by atoms with Gasteiger partial charge in [-0.05, 0) is 49.5 Å². The summed E-state index contributed by atoms with van der Waals surface area (Å²) in [7, 11) is 1.60. The second-order valence-corrected chi connectivity index (χ2v) is 5.81. The number of hydrogen-bond donors (Lipinski definition) is 2. The molecule has 5 nitrogen and oxygen atoms in total. The Morgan fingerprint density at radius 2 is 1.48 bits per heavy atom. The number of nitrogens with one attached hydrogen (secondary N) is 2. The third kappa shape index (κ3) is 6.13. The number of amides is 2. The van der Waals surface area contributed by atoms with Gasteiger partial charge in [-0.15, -0.1) is 0 Å². The van der Waals surface area contributed by atoms with Crippen LogP contribution in [0.3, 0.4) is 0 Å². The quantitative estimate of drug-likeness (QED) is 0.824. The molecule has 2 aromatic rings. The van der Waals surface area contributed by atoms with Gasteiger partial charge < -0.3 is 10.6 Å². The highest BCUT2D eigenvalue weighted by atomic mass is 35.5.